The molecule has 0 radical (unpaired) electrons. The Morgan fingerprint density at radius 1 is 1.28 bits per heavy atom. The summed E-state index contributed by atoms with van der Waals surface area (Å²) >= 11 is 0. The summed E-state index contributed by atoms with van der Waals surface area (Å²) in [6.07, 6.45) is -0.125. The maximum absolute atomic E-state index is 6.17. The van der Waals surface area contributed by atoms with Gasteiger partial charge in [0.05, 0.1) is 25.9 Å². The number of aryl methyl sites for hydroxylation is 1. The molecule has 0 spiro atoms. The van der Waals surface area contributed by atoms with E-state index in [4.69, 9.17) is 19.6 Å². The number of benzene rings is 1. The second-order valence-electron chi connectivity index (χ2n) is 4.70. The number of ether oxygens (including phenoxy) is 2. The molecule has 1 aliphatic rings. The number of fused-ring (bicyclic) bond motifs is 1. The fourth-order valence-electron chi connectivity index (χ4n) is 2.24. The minimum absolute atomic E-state index is 0.125. The van der Waals surface area contributed by atoms with Crippen molar-refractivity contribution in [3.63, 3.8) is 0 Å². The molecule has 1 aromatic heterocycles. The molecule has 1 aromatic carbocycles. The van der Waals surface area contributed by atoms with E-state index in [1.807, 2.05) is 18.2 Å². The van der Waals surface area contributed by atoms with Gasteiger partial charge in [0.2, 0.25) is 0 Å². The largest absolute Gasteiger partial charge is 0.459 e. The summed E-state index contributed by atoms with van der Waals surface area (Å²) in [5.41, 5.74) is 8.25. The van der Waals surface area contributed by atoms with Crippen molar-refractivity contribution in [2.45, 2.75) is 19.1 Å². The third kappa shape index (κ3) is 2.14. The molecule has 2 atom stereocenters. The average molecular weight is 247 g/mol. The lowest BCUT2D eigenvalue weighted by Crippen LogP contribution is -2.37. The van der Waals surface area contributed by atoms with Gasteiger partial charge in [0.15, 0.2) is 0 Å². The van der Waals surface area contributed by atoms with Gasteiger partial charge in [-0.3, -0.25) is 0 Å². The molecule has 96 valence electrons. The fraction of sp³-hybridized carbons (Fsp3) is 0.429. The summed E-state index contributed by atoms with van der Waals surface area (Å²) in [5.74, 6) is 0.756. The van der Waals surface area contributed by atoms with E-state index >= 15 is 0 Å². The minimum atomic E-state index is -0.280. The van der Waals surface area contributed by atoms with Crippen molar-refractivity contribution in [3.05, 3.63) is 35.6 Å². The van der Waals surface area contributed by atoms with Crippen LogP contribution in [0.4, 0.5) is 0 Å². The zero-order valence-electron chi connectivity index (χ0n) is 10.4. The van der Waals surface area contributed by atoms with Crippen molar-refractivity contribution in [1.29, 1.82) is 0 Å². The molecule has 2 N–H and O–H groups in total. The van der Waals surface area contributed by atoms with E-state index < -0.39 is 0 Å². The molecule has 2 unspecified atom stereocenters. The zero-order valence-corrected chi connectivity index (χ0v) is 10.4. The lowest BCUT2D eigenvalue weighted by atomic mass is 10.1. The molecule has 1 fully saturated rings. The quantitative estimate of drug-likeness (QED) is 0.883. The summed E-state index contributed by atoms with van der Waals surface area (Å²) in [6.45, 7) is 3.82. The minimum Gasteiger partial charge on any atom is -0.459 e. The van der Waals surface area contributed by atoms with Gasteiger partial charge in [-0.1, -0.05) is 11.6 Å². The lowest BCUT2D eigenvalue weighted by Gasteiger charge is -2.26. The Kier molecular flexibility index (Phi) is 3.07. The maximum Gasteiger partial charge on any atom is 0.134 e. The van der Waals surface area contributed by atoms with Gasteiger partial charge < -0.3 is 19.6 Å². The zero-order chi connectivity index (χ0) is 12.5. The Balaban J connectivity index is 1.88. The van der Waals surface area contributed by atoms with Crippen molar-refractivity contribution >= 4 is 11.0 Å². The fourth-order valence-corrected chi connectivity index (χ4v) is 2.24. The predicted octanol–water partition coefficient (Wildman–Crippen LogP) is 2.16. The second-order valence-corrected chi connectivity index (χ2v) is 4.70. The van der Waals surface area contributed by atoms with Crippen LogP contribution in [0, 0.1) is 6.92 Å². The first kappa shape index (κ1) is 11.7. The van der Waals surface area contributed by atoms with Crippen molar-refractivity contribution in [2.24, 2.45) is 5.73 Å². The standard InChI is InChI=1S/C14H17NO3/c1-9-2-3-11-10(6-9)7-12(18-11)14(15)13-8-16-4-5-17-13/h2-3,6-7,13-14H,4-5,8,15H2,1H3. The van der Waals surface area contributed by atoms with Crippen LogP contribution in [0.2, 0.25) is 0 Å². The second kappa shape index (κ2) is 4.72. The van der Waals surface area contributed by atoms with Crippen molar-refractivity contribution < 1.29 is 13.9 Å². The molecule has 2 heterocycles. The van der Waals surface area contributed by atoms with E-state index in [0.717, 1.165) is 16.7 Å². The van der Waals surface area contributed by atoms with E-state index in [9.17, 15) is 0 Å². The van der Waals surface area contributed by atoms with E-state index in [1.54, 1.807) is 0 Å². The van der Waals surface area contributed by atoms with Gasteiger partial charge in [0.25, 0.3) is 0 Å². The van der Waals surface area contributed by atoms with Crippen molar-refractivity contribution in [1.82, 2.24) is 0 Å². The van der Waals surface area contributed by atoms with Gasteiger partial charge in [-0.2, -0.15) is 0 Å². The first-order valence-electron chi connectivity index (χ1n) is 6.19. The third-order valence-corrected chi connectivity index (χ3v) is 3.26. The van der Waals surface area contributed by atoms with E-state index in [-0.39, 0.29) is 12.1 Å². The number of hydrogen-bond acceptors (Lipinski definition) is 4. The number of nitrogens with two attached hydrogens (primary N) is 1. The summed E-state index contributed by atoms with van der Waals surface area (Å²) in [6, 6.07) is 7.80. The number of hydrogen-bond donors (Lipinski definition) is 1. The highest BCUT2D eigenvalue weighted by molar-refractivity contribution is 5.78. The molecule has 0 amide bonds. The van der Waals surface area contributed by atoms with Crippen LogP contribution in [0.1, 0.15) is 17.4 Å². The van der Waals surface area contributed by atoms with Crippen LogP contribution in [-0.2, 0) is 9.47 Å². The molecule has 2 aromatic rings. The molecule has 0 aliphatic carbocycles. The highest BCUT2D eigenvalue weighted by Gasteiger charge is 2.26. The lowest BCUT2D eigenvalue weighted by molar-refractivity contribution is -0.0994. The molecule has 4 heteroatoms. The first-order chi connectivity index (χ1) is 8.74. The molecular formula is C14H17NO3. The highest BCUT2D eigenvalue weighted by Crippen LogP contribution is 2.27. The molecule has 0 bridgehead atoms. The van der Waals surface area contributed by atoms with Gasteiger partial charge >= 0.3 is 0 Å². The Morgan fingerprint density at radius 2 is 2.17 bits per heavy atom. The Morgan fingerprint density at radius 3 is 2.94 bits per heavy atom. The van der Waals surface area contributed by atoms with Gasteiger partial charge in [-0.15, -0.1) is 0 Å². The van der Waals surface area contributed by atoms with Crippen molar-refractivity contribution in [3.8, 4) is 0 Å². The first-order valence-corrected chi connectivity index (χ1v) is 6.19. The molecule has 0 saturated carbocycles. The van der Waals surface area contributed by atoms with Gasteiger partial charge in [-0.25, -0.2) is 0 Å². The molecule has 18 heavy (non-hydrogen) atoms. The van der Waals surface area contributed by atoms with E-state index in [1.165, 1.54) is 5.56 Å². The third-order valence-electron chi connectivity index (χ3n) is 3.26. The van der Waals surface area contributed by atoms with Crippen molar-refractivity contribution in [2.75, 3.05) is 19.8 Å². The van der Waals surface area contributed by atoms with Gasteiger partial charge in [0.1, 0.15) is 17.4 Å². The topological polar surface area (TPSA) is 57.6 Å². The summed E-state index contributed by atoms with van der Waals surface area (Å²) in [4.78, 5) is 0. The normalized spacial score (nSPS) is 22.2. The molecule has 1 saturated heterocycles. The van der Waals surface area contributed by atoms with Crippen LogP contribution in [0.25, 0.3) is 11.0 Å². The summed E-state index contributed by atoms with van der Waals surface area (Å²) < 4.78 is 16.8. The number of furan rings is 1. The summed E-state index contributed by atoms with van der Waals surface area (Å²) in [7, 11) is 0. The Labute approximate surface area is 106 Å². The molecule has 1 aliphatic heterocycles. The Hall–Kier alpha value is -1.36. The Bertz CT molecular complexity index is 543. The number of rotatable bonds is 2. The molecule has 3 rings (SSSR count). The van der Waals surface area contributed by atoms with Crippen LogP contribution in [-0.4, -0.2) is 25.9 Å². The van der Waals surface area contributed by atoms with E-state index in [0.29, 0.717) is 19.8 Å². The smallest absolute Gasteiger partial charge is 0.134 e. The van der Waals surface area contributed by atoms with Gasteiger partial charge in [-0.05, 0) is 25.1 Å². The van der Waals surface area contributed by atoms with Crippen LogP contribution in [0.5, 0.6) is 0 Å². The monoisotopic (exact) mass is 247 g/mol. The maximum atomic E-state index is 6.17. The van der Waals surface area contributed by atoms with Crippen LogP contribution in [0.15, 0.2) is 28.7 Å². The van der Waals surface area contributed by atoms with E-state index in [2.05, 4.69) is 13.0 Å². The highest BCUT2D eigenvalue weighted by atomic mass is 16.6. The molecular weight excluding hydrogens is 230 g/mol. The predicted molar refractivity (Wildman–Crippen MR) is 68.4 cm³/mol. The van der Waals surface area contributed by atoms with Crippen LogP contribution in [0.3, 0.4) is 0 Å². The molecule has 4 nitrogen and oxygen atoms in total. The SMILES string of the molecule is Cc1ccc2oc(C(N)C3COCCO3)cc2c1. The van der Waals surface area contributed by atoms with Gasteiger partial charge in [0, 0.05) is 5.39 Å². The average Bonchev–Trinajstić information content (AvgIpc) is 2.81. The van der Waals surface area contributed by atoms with Crippen LogP contribution >= 0.6 is 0 Å². The van der Waals surface area contributed by atoms with Crippen LogP contribution < -0.4 is 5.73 Å². The summed E-state index contributed by atoms with van der Waals surface area (Å²) in [5, 5.41) is 1.08.